The third kappa shape index (κ3) is 2.43. The van der Waals surface area contributed by atoms with E-state index in [0.717, 1.165) is 12.1 Å². The maximum absolute atomic E-state index is 11.4. The zero-order chi connectivity index (χ0) is 10.7. The molecule has 1 fully saturated rings. The highest BCUT2D eigenvalue weighted by Gasteiger charge is 2.29. The second-order valence-electron chi connectivity index (χ2n) is 3.85. The first kappa shape index (κ1) is 10.3. The number of ether oxygens (including phenoxy) is 1. The Bertz CT molecular complexity index is 337. The molecule has 3 nitrogen and oxygen atoms in total. The van der Waals surface area contributed by atoms with Crippen molar-refractivity contribution in [3.05, 3.63) is 35.9 Å². The maximum atomic E-state index is 11.4. The highest BCUT2D eigenvalue weighted by molar-refractivity contribution is 5.84. The normalized spacial score (nSPS) is 22.2. The Labute approximate surface area is 89.7 Å². The molecular formula is C12H15NO2. The first-order valence-corrected chi connectivity index (χ1v) is 5.16. The van der Waals surface area contributed by atoms with Crippen molar-refractivity contribution >= 4 is 5.78 Å². The van der Waals surface area contributed by atoms with Crippen molar-refractivity contribution in [2.24, 2.45) is 0 Å². The van der Waals surface area contributed by atoms with E-state index in [2.05, 4.69) is 0 Å². The van der Waals surface area contributed by atoms with Crippen molar-refractivity contribution in [3.63, 3.8) is 0 Å². The lowest BCUT2D eigenvalue weighted by molar-refractivity contribution is -0.135. The molecule has 15 heavy (non-hydrogen) atoms. The van der Waals surface area contributed by atoms with E-state index >= 15 is 0 Å². The van der Waals surface area contributed by atoms with Crippen LogP contribution in [0.25, 0.3) is 0 Å². The summed E-state index contributed by atoms with van der Waals surface area (Å²) in [6, 6.07) is 9.91. The number of carbonyl (C=O) groups excluding carboxylic acids is 1. The highest BCUT2D eigenvalue weighted by Crippen LogP contribution is 2.14. The molecule has 0 amide bonds. The van der Waals surface area contributed by atoms with Crippen molar-refractivity contribution in [1.82, 2.24) is 4.90 Å². The Kier molecular flexibility index (Phi) is 3.14. The van der Waals surface area contributed by atoms with Crippen LogP contribution < -0.4 is 0 Å². The number of nitrogens with zero attached hydrogens (tertiary/aromatic N) is 1. The van der Waals surface area contributed by atoms with Crippen LogP contribution in [0.4, 0.5) is 0 Å². The number of carbonyl (C=O) groups is 1. The molecule has 0 saturated carbocycles. The molecule has 1 saturated heterocycles. The van der Waals surface area contributed by atoms with E-state index in [9.17, 15) is 4.79 Å². The van der Waals surface area contributed by atoms with Crippen LogP contribution >= 0.6 is 0 Å². The molecule has 1 heterocycles. The van der Waals surface area contributed by atoms with Crippen LogP contribution in [-0.2, 0) is 16.1 Å². The van der Waals surface area contributed by atoms with Gasteiger partial charge in [0, 0.05) is 13.0 Å². The van der Waals surface area contributed by atoms with E-state index in [1.807, 2.05) is 42.3 Å². The third-order valence-electron chi connectivity index (χ3n) is 2.64. The zero-order valence-corrected chi connectivity index (χ0v) is 8.85. The van der Waals surface area contributed by atoms with Gasteiger partial charge in [-0.05, 0) is 12.6 Å². The van der Waals surface area contributed by atoms with Crippen molar-refractivity contribution in [2.45, 2.75) is 19.3 Å². The smallest absolute Gasteiger partial charge is 0.177 e. The Morgan fingerprint density at radius 3 is 2.73 bits per heavy atom. The topological polar surface area (TPSA) is 29.5 Å². The van der Waals surface area contributed by atoms with Crippen LogP contribution in [0, 0.1) is 0 Å². The van der Waals surface area contributed by atoms with Crippen molar-refractivity contribution in [2.75, 3.05) is 13.6 Å². The number of ketones is 1. The summed E-state index contributed by atoms with van der Waals surface area (Å²) in [6.07, 6.45) is 0.265. The lowest BCUT2D eigenvalue weighted by Crippen LogP contribution is -2.32. The van der Waals surface area contributed by atoms with Crippen LogP contribution in [0.5, 0.6) is 0 Å². The predicted molar refractivity (Wildman–Crippen MR) is 57.3 cm³/mol. The first-order valence-electron chi connectivity index (χ1n) is 5.16. The standard InChI is InChI=1S/C12H15NO2/c1-13-8-7-11(14)12(13)15-9-10-5-3-2-4-6-10/h2-6,12H,7-9H2,1H3. The average Bonchev–Trinajstić information content (AvgIpc) is 2.58. The minimum atomic E-state index is -0.342. The fourth-order valence-corrected chi connectivity index (χ4v) is 1.74. The molecule has 2 rings (SSSR count). The summed E-state index contributed by atoms with van der Waals surface area (Å²) >= 11 is 0. The second-order valence-corrected chi connectivity index (χ2v) is 3.85. The SMILES string of the molecule is CN1CCC(=O)C1OCc1ccccc1. The fraction of sp³-hybridized carbons (Fsp3) is 0.417. The van der Waals surface area contributed by atoms with Crippen molar-refractivity contribution in [1.29, 1.82) is 0 Å². The molecule has 0 radical (unpaired) electrons. The number of likely N-dealkylation sites (N-methyl/N-ethyl adjacent to an activating group) is 1. The second kappa shape index (κ2) is 4.55. The number of rotatable bonds is 3. The lowest BCUT2D eigenvalue weighted by Gasteiger charge is -2.18. The maximum Gasteiger partial charge on any atom is 0.177 e. The molecule has 0 aromatic heterocycles. The van der Waals surface area contributed by atoms with E-state index in [4.69, 9.17) is 4.74 Å². The monoisotopic (exact) mass is 205 g/mol. The van der Waals surface area contributed by atoms with E-state index in [0.29, 0.717) is 13.0 Å². The van der Waals surface area contributed by atoms with Crippen molar-refractivity contribution in [3.8, 4) is 0 Å². The summed E-state index contributed by atoms with van der Waals surface area (Å²) in [5.41, 5.74) is 1.10. The van der Waals surface area contributed by atoms with Gasteiger partial charge in [0.25, 0.3) is 0 Å². The third-order valence-corrected chi connectivity index (χ3v) is 2.64. The van der Waals surface area contributed by atoms with E-state index < -0.39 is 0 Å². The largest absolute Gasteiger partial charge is 0.351 e. The predicted octanol–water partition coefficient (Wildman–Crippen LogP) is 1.43. The average molecular weight is 205 g/mol. The Hall–Kier alpha value is -1.19. The molecule has 0 aliphatic carbocycles. The summed E-state index contributed by atoms with van der Waals surface area (Å²) in [4.78, 5) is 13.4. The molecule has 1 aromatic carbocycles. The van der Waals surface area contributed by atoms with E-state index in [1.54, 1.807) is 0 Å². The van der Waals surface area contributed by atoms with E-state index in [-0.39, 0.29) is 12.0 Å². The summed E-state index contributed by atoms with van der Waals surface area (Å²) in [5.74, 6) is 0.188. The molecule has 0 spiro atoms. The van der Waals surface area contributed by atoms with Crippen molar-refractivity contribution < 1.29 is 9.53 Å². The van der Waals surface area contributed by atoms with Gasteiger partial charge in [0.05, 0.1) is 6.61 Å². The van der Waals surface area contributed by atoms with Gasteiger partial charge in [-0.3, -0.25) is 9.69 Å². The summed E-state index contributed by atoms with van der Waals surface area (Å²) in [6.45, 7) is 1.31. The first-order chi connectivity index (χ1) is 7.27. The van der Waals surface area contributed by atoms with Gasteiger partial charge in [-0.25, -0.2) is 0 Å². The number of Topliss-reactive ketones (excluding diaryl/α,β-unsaturated/α-hetero) is 1. The summed E-state index contributed by atoms with van der Waals surface area (Å²) in [5, 5.41) is 0. The number of hydrogen-bond acceptors (Lipinski definition) is 3. The number of hydrogen-bond donors (Lipinski definition) is 0. The quantitative estimate of drug-likeness (QED) is 0.747. The van der Waals surface area contributed by atoms with Gasteiger partial charge >= 0.3 is 0 Å². The molecule has 0 N–H and O–H groups in total. The van der Waals surface area contributed by atoms with Gasteiger partial charge in [0.2, 0.25) is 0 Å². The molecule has 1 aliphatic heterocycles. The van der Waals surface area contributed by atoms with Gasteiger partial charge in [-0.1, -0.05) is 30.3 Å². The molecular weight excluding hydrogens is 190 g/mol. The Morgan fingerprint density at radius 2 is 2.13 bits per heavy atom. The van der Waals surface area contributed by atoms with Gasteiger partial charge in [-0.2, -0.15) is 0 Å². The zero-order valence-electron chi connectivity index (χ0n) is 8.85. The van der Waals surface area contributed by atoms with Crippen LogP contribution in [0.2, 0.25) is 0 Å². The minimum absolute atomic E-state index is 0.188. The van der Waals surface area contributed by atoms with Crippen LogP contribution in [-0.4, -0.2) is 30.5 Å². The Balaban J connectivity index is 1.91. The molecule has 3 heteroatoms. The highest BCUT2D eigenvalue weighted by atomic mass is 16.5. The molecule has 80 valence electrons. The van der Waals surface area contributed by atoms with Gasteiger partial charge < -0.3 is 4.74 Å². The van der Waals surface area contributed by atoms with Crippen LogP contribution in [0.1, 0.15) is 12.0 Å². The van der Waals surface area contributed by atoms with Crippen LogP contribution in [0.15, 0.2) is 30.3 Å². The Morgan fingerprint density at radius 1 is 1.40 bits per heavy atom. The summed E-state index contributed by atoms with van der Waals surface area (Å²) < 4.78 is 5.59. The summed E-state index contributed by atoms with van der Waals surface area (Å²) in [7, 11) is 1.92. The lowest BCUT2D eigenvalue weighted by atomic mass is 10.2. The van der Waals surface area contributed by atoms with Gasteiger partial charge in [0.1, 0.15) is 0 Å². The molecule has 1 unspecified atom stereocenters. The van der Waals surface area contributed by atoms with E-state index in [1.165, 1.54) is 0 Å². The molecule has 1 aliphatic rings. The number of benzene rings is 1. The van der Waals surface area contributed by atoms with Gasteiger partial charge in [-0.15, -0.1) is 0 Å². The molecule has 1 atom stereocenters. The van der Waals surface area contributed by atoms with Gasteiger partial charge in [0.15, 0.2) is 12.0 Å². The molecule has 0 bridgehead atoms. The molecule has 1 aromatic rings. The minimum Gasteiger partial charge on any atom is -0.351 e. The fourth-order valence-electron chi connectivity index (χ4n) is 1.74. The number of likely N-dealkylation sites (tertiary alicyclic amines) is 1. The van der Waals surface area contributed by atoms with Crippen LogP contribution in [0.3, 0.4) is 0 Å².